The first-order valence-electron chi connectivity index (χ1n) is 9.61. The van der Waals surface area contributed by atoms with Gasteiger partial charge in [0.15, 0.2) is 0 Å². The summed E-state index contributed by atoms with van der Waals surface area (Å²) in [5, 5.41) is 17.9. The first-order valence-corrected chi connectivity index (χ1v) is 12.0. The minimum Gasteiger partial charge on any atom is -0.506 e. The maximum absolute atomic E-state index is 13.0. The van der Waals surface area contributed by atoms with Gasteiger partial charge in [-0.3, -0.25) is 4.79 Å². The van der Waals surface area contributed by atoms with E-state index in [9.17, 15) is 9.90 Å². The zero-order chi connectivity index (χ0) is 20.2. The molecule has 0 fully saturated rings. The maximum atomic E-state index is 13.0. The van der Waals surface area contributed by atoms with Gasteiger partial charge in [-0.1, -0.05) is 43.1 Å². The quantitative estimate of drug-likeness (QED) is 0.434. The summed E-state index contributed by atoms with van der Waals surface area (Å²) in [6, 6.07) is 3.62. The van der Waals surface area contributed by atoms with Crippen LogP contribution in [-0.4, -0.2) is 11.0 Å². The van der Waals surface area contributed by atoms with E-state index in [0.717, 1.165) is 40.7 Å². The van der Waals surface area contributed by atoms with Gasteiger partial charge in [0.2, 0.25) is 0 Å². The molecule has 1 amide bonds. The molecular weight excluding hydrogens is 504 g/mol. The van der Waals surface area contributed by atoms with E-state index in [0.29, 0.717) is 21.4 Å². The lowest BCUT2D eigenvalue weighted by molar-refractivity contribution is 0.0934. The Morgan fingerprint density at radius 1 is 1.29 bits per heavy atom. The molecule has 1 aliphatic heterocycles. The SMILES string of the molecule is CCC(C)(C)[C@H]1CCc2c(sc3c2C(=O)N[C@@H](c2cc(Br)cc(Br)c2O)N3)C1. The highest BCUT2D eigenvalue weighted by molar-refractivity contribution is 9.11. The number of halogens is 2. The van der Waals surface area contributed by atoms with Crippen molar-refractivity contribution in [3.8, 4) is 5.75 Å². The number of aromatic hydroxyl groups is 1. The summed E-state index contributed by atoms with van der Waals surface area (Å²) in [5.74, 6) is 0.726. The summed E-state index contributed by atoms with van der Waals surface area (Å²) in [6.07, 6.45) is 3.84. The van der Waals surface area contributed by atoms with Crippen LogP contribution < -0.4 is 10.6 Å². The van der Waals surface area contributed by atoms with Gasteiger partial charge in [0, 0.05) is 14.9 Å². The standard InChI is InChI=1S/C21H24Br2N2O2S/c1-4-21(2,3)10-5-6-12-15(7-10)28-20-16(12)19(27)24-18(25-20)13-8-11(22)9-14(23)17(13)26/h8-10,18,25-26H,4-7H2,1-3H3,(H,24,27)/t10-,18+/m0/s1. The number of hydrogen-bond donors (Lipinski definition) is 3. The number of carbonyl (C=O) groups excluding carboxylic acids is 1. The minimum absolute atomic E-state index is 0.0556. The van der Waals surface area contributed by atoms with E-state index in [1.807, 2.05) is 6.07 Å². The molecule has 2 atom stereocenters. The van der Waals surface area contributed by atoms with Crippen LogP contribution in [-0.2, 0) is 12.8 Å². The van der Waals surface area contributed by atoms with Gasteiger partial charge in [-0.15, -0.1) is 11.3 Å². The Morgan fingerprint density at radius 2 is 2.04 bits per heavy atom. The predicted molar refractivity (Wildman–Crippen MR) is 121 cm³/mol. The van der Waals surface area contributed by atoms with Gasteiger partial charge in [-0.2, -0.15) is 0 Å². The van der Waals surface area contributed by atoms with E-state index in [-0.39, 0.29) is 11.7 Å². The zero-order valence-corrected chi connectivity index (χ0v) is 20.1. The summed E-state index contributed by atoms with van der Waals surface area (Å²) in [4.78, 5) is 14.3. The van der Waals surface area contributed by atoms with Crippen molar-refractivity contribution in [1.82, 2.24) is 5.32 Å². The summed E-state index contributed by atoms with van der Waals surface area (Å²) < 4.78 is 1.43. The second kappa shape index (κ2) is 7.33. The summed E-state index contributed by atoms with van der Waals surface area (Å²) in [6.45, 7) is 6.97. The molecule has 0 saturated heterocycles. The van der Waals surface area contributed by atoms with Gasteiger partial charge in [0.25, 0.3) is 5.91 Å². The van der Waals surface area contributed by atoms with E-state index in [4.69, 9.17) is 0 Å². The largest absolute Gasteiger partial charge is 0.506 e. The van der Waals surface area contributed by atoms with Crippen LogP contribution in [0.4, 0.5) is 5.00 Å². The number of nitrogens with one attached hydrogen (secondary N) is 2. The van der Waals surface area contributed by atoms with Crippen LogP contribution in [0.25, 0.3) is 0 Å². The van der Waals surface area contributed by atoms with Crippen molar-refractivity contribution in [3.05, 3.63) is 42.6 Å². The van der Waals surface area contributed by atoms with Crippen molar-refractivity contribution in [2.75, 3.05) is 5.32 Å². The van der Waals surface area contributed by atoms with Gasteiger partial charge >= 0.3 is 0 Å². The molecule has 7 heteroatoms. The number of thiophene rings is 1. The number of rotatable bonds is 3. The van der Waals surface area contributed by atoms with Gasteiger partial charge in [-0.25, -0.2) is 0 Å². The fourth-order valence-electron chi connectivity index (χ4n) is 4.22. The average Bonchev–Trinajstić information content (AvgIpc) is 3.02. The van der Waals surface area contributed by atoms with Crippen LogP contribution in [0.3, 0.4) is 0 Å². The number of benzene rings is 1. The molecule has 1 aromatic carbocycles. The molecule has 4 nitrogen and oxygen atoms in total. The normalized spacial score (nSPS) is 21.5. The van der Waals surface area contributed by atoms with Gasteiger partial charge in [0.1, 0.15) is 16.9 Å². The van der Waals surface area contributed by atoms with Gasteiger partial charge in [0.05, 0.1) is 10.0 Å². The van der Waals surface area contributed by atoms with E-state index < -0.39 is 6.17 Å². The Labute approximate surface area is 186 Å². The molecule has 150 valence electrons. The van der Waals surface area contributed by atoms with Gasteiger partial charge < -0.3 is 15.7 Å². The first-order chi connectivity index (χ1) is 13.2. The molecule has 0 saturated carbocycles. The maximum Gasteiger partial charge on any atom is 0.256 e. The van der Waals surface area contributed by atoms with Crippen molar-refractivity contribution < 1.29 is 9.90 Å². The third-order valence-corrected chi connectivity index (χ3v) is 8.68. The van der Waals surface area contributed by atoms with Crippen LogP contribution >= 0.6 is 43.2 Å². The molecule has 2 aliphatic rings. The molecule has 0 bridgehead atoms. The summed E-state index contributed by atoms with van der Waals surface area (Å²) in [7, 11) is 0. The Hall–Kier alpha value is -1.05. The molecule has 1 aromatic heterocycles. The number of fused-ring (bicyclic) bond motifs is 3. The lowest BCUT2D eigenvalue weighted by atomic mass is 9.69. The number of amides is 1. The molecule has 0 spiro atoms. The zero-order valence-electron chi connectivity index (χ0n) is 16.2. The summed E-state index contributed by atoms with van der Waals surface area (Å²) >= 11 is 8.54. The third kappa shape index (κ3) is 3.39. The number of hydrogen-bond acceptors (Lipinski definition) is 4. The lowest BCUT2D eigenvalue weighted by Gasteiger charge is -2.36. The lowest BCUT2D eigenvalue weighted by Crippen LogP contribution is -2.38. The van der Waals surface area contributed by atoms with Crippen molar-refractivity contribution in [3.63, 3.8) is 0 Å². The molecule has 3 N–H and O–H groups in total. The second-order valence-corrected chi connectivity index (χ2v) is 11.2. The van der Waals surface area contributed by atoms with E-state index in [1.165, 1.54) is 10.4 Å². The predicted octanol–water partition coefficient (Wildman–Crippen LogP) is 6.37. The van der Waals surface area contributed by atoms with E-state index in [2.05, 4.69) is 63.3 Å². The number of carbonyl (C=O) groups is 1. The van der Waals surface area contributed by atoms with Crippen molar-refractivity contribution >= 4 is 54.1 Å². The molecule has 28 heavy (non-hydrogen) atoms. The third-order valence-electron chi connectivity index (χ3n) is 6.43. The van der Waals surface area contributed by atoms with Crippen molar-refractivity contribution in [1.29, 1.82) is 0 Å². The van der Waals surface area contributed by atoms with Crippen LogP contribution in [0, 0.1) is 11.3 Å². The average molecular weight is 528 g/mol. The van der Waals surface area contributed by atoms with E-state index in [1.54, 1.807) is 17.4 Å². The number of anilines is 1. The molecule has 0 unspecified atom stereocenters. The highest BCUT2D eigenvalue weighted by Crippen LogP contribution is 2.47. The molecule has 4 rings (SSSR count). The first kappa shape index (κ1) is 20.2. The van der Waals surface area contributed by atoms with Crippen LogP contribution in [0.5, 0.6) is 5.75 Å². The topological polar surface area (TPSA) is 61.4 Å². The second-order valence-electron chi connectivity index (χ2n) is 8.37. The Morgan fingerprint density at radius 3 is 2.75 bits per heavy atom. The van der Waals surface area contributed by atoms with Crippen LogP contribution in [0.1, 0.15) is 66.1 Å². The highest BCUT2D eigenvalue weighted by Gasteiger charge is 2.37. The summed E-state index contributed by atoms with van der Waals surface area (Å²) in [5.41, 5.74) is 2.97. The monoisotopic (exact) mass is 526 g/mol. The van der Waals surface area contributed by atoms with Crippen molar-refractivity contribution in [2.45, 2.75) is 52.6 Å². The Balaban J connectivity index is 1.67. The van der Waals surface area contributed by atoms with Crippen molar-refractivity contribution in [2.24, 2.45) is 11.3 Å². The van der Waals surface area contributed by atoms with Crippen LogP contribution in [0.15, 0.2) is 21.1 Å². The molecule has 1 aliphatic carbocycles. The van der Waals surface area contributed by atoms with E-state index >= 15 is 0 Å². The fraction of sp³-hybridized carbons (Fsp3) is 0.476. The fourth-order valence-corrected chi connectivity index (χ4v) is 6.83. The molecule has 2 aromatic rings. The smallest absolute Gasteiger partial charge is 0.256 e. The molecule has 2 heterocycles. The molecular formula is C21H24Br2N2O2S. The number of phenols is 1. The van der Waals surface area contributed by atoms with Crippen LogP contribution in [0.2, 0.25) is 0 Å². The Bertz CT molecular complexity index is 954. The molecule has 0 radical (unpaired) electrons. The highest BCUT2D eigenvalue weighted by atomic mass is 79.9. The number of phenolic OH excluding ortho intramolecular Hbond substituents is 1. The Kier molecular flexibility index (Phi) is 5.30. The van der Waals surface area contributed by atoms with Gasteiger partial charge in [-0.05, 0) is 64.2 Å². The minimum atomic E-state index is -0.461.